The summed E-state index contributed by atoms with van der Waals surface area (Å²) in [6.45, 7) is 2.47. The average Bonchev–Trinajstić information content (AvgIpc) is 3.06. The number of halogens is 1. The van der Waals surface area contributed by atoms with Crippen molar-refractivity contribution in [1.82, 2.24) is 9.47 Å². The molecule has 0 bridgehead atoms. The van der Waals surface area contributed by atoms with E-state index >= 15 is 0 Å². The Morgan fingerprint density at radius 3 is 2.64 bits per heavy atom. The molecule has 2 heterocycles. The molecule has 112 valence electrons. The Morgan fingerprint density at radius 1 is 1.27 bits per heavy atom. The lowest BCUT2D eigenvalue weighted by molar-refractivity contribution is -0.121. The second-order valence-electron chi connectivity index (χ2n) is 4.71. The number of rotatable bonds is 3. The van der Waals surface area contributed by atoms with E-state index in [0.717, 1.165) is 11.4 Å². The van der Waals surface area contributed by atoms with E-state index < -0.39 is 0 Å². The second kappa shape index (κ2) is 6.06. The zero-order chi connectivity index (χ0) is 15.7. The minimum Gasteiger partial charge on any atom is -0.317 e. The molecule has 0 N–H and O–H groups in total. The zero-order valence-electron chi connectivity index (χ0n) is 11.8. The van der Waals surface area contributed by atoms with E-state index in [0.29, 0.717) is 15.8 Å². The molecule has 6 heteroatoms. The third-order valence-electron chi connectivity index (χ3n) is 3.35. The number of amides is 1. The maximum atomic E-state index is 13.0. The van der Waals surface area contributed by atoms with Crippen LogP contribution in [-0.2, 0) is 4.79 Å². The number of thioether (sulfide) groups is 1. The fraction of sp³-hybridized carbons (Fsp3) is 0.125. The third-order valence-corrected chi connectivity index (χ3v) is 4.73. The molecule has 1 saturated heterocycles. The van der Waals surface area contributed by atoms with Crippen molar-refractivity contribution in [3.05, 3.63) is 59.0 Å². The maximum absolute atomic E-state index is 13.0. The number of hydrogen-bond donors (Lipinski definition) is 0. The Kier molecular flexibility index (Phi) is 4.13. The van der Waals surface area contributed by atoms with Crippen LogP contribution in [0.15, 0.2) is 47.5 Å². The summed E-state index contributed by atoms with van der Waals surface area (Å²) in [6.07, 6.45) is 3.69. The highest BCUT2D eigenvalue weighted by Crippen LogP contribution is 2.32. The van der Waals surface area contributed by atoms with E-state index in [1.807, 2.05) is 35.9 Å². The Labute approximate surface area is 137 Å². The van der Waals surface area contributed by atoms with Gasteiger partial charge in [0.25, 0.3) is 5.91 Å². The van der Waals surface area contributed by atoms with Crippen molar-refractivity contribution in [2.45, 2.75) is 6.92 Å². The molecule has 0 aliphatic carbocycles. The first-order valence-electron chi connectivity index (χ1n) is 6.79. The Morgan fingerprint density at radius 2 is 2.00 bits per heavy atom. The van der Waals surface area contributed by atoms with Gasteiger partial charge in [-0.3, -0.25) is 9.69 Å². The molecule has 1 aromatic heterocycles. The smallest absolute Gasteiger partial charge is 0.266 e. The second-order valence-corrected chi connectivity index (χ2v) is 6.38. The van der Waals surface area contributed by atoms with Gasteiger partial charge in [0.2, 0.25) is 0 Å². The van der Waals surface area contributed by atoms with Gasteiger partial charge in [0.1, 0.15) is 10.1 Å². The average molecular weight is 332 g/mol. The molecule has 22 heavy (non-hydrogen) atoms. The predicted octanol–water partition coefficient (Wildman–Crippen LogP) is 3.84. The number of carbonyl (C=O) groups excluding carboxylic acids is 1. The minimum atomic E-state index is -0.277. The molecule has 1 aromatic carbocycles. The summed E-state index contributed by atoms with van der Waals surface area (Å²) < 4.78 is 15.5. The largest absolute Gasteiger partial charge is 0.317 e. The SMILES string of the molecule is CCN1C(=O)/C(=C/c2cccn2-c2ccc(F)cc2)SC1=S. The lowest BCUT2D eigenvalue weighted by atomic mass is 10.3. The molecule has 1 amide bonds. The van der Waals surface area contributed by atoms with E-state index in [-0.39, 0.29) is 11.7 Å². The predicted molar refractivity (Wildman–Crippen MR) is 91.3 cm³/mol. The van der Waals surface area contributed by atoms with Gasteiger partial charge in [-0.15, -0.1) is 0 Å². The van der Waals surface area contributed by atoms with Gasteiger partial charge in [-0.2, -0.15) is 0 Å². The first-order chi connectivity index (χ1) is 10.6. The lowest BCUT2D eigenvalue weighted by Crippen LogP contribution is -2.27. The molecule has 0 saturated carbocycles. The van der Waals surface area contributed by atoms with E-state index in [2.05, 4.69) is 0 Å². The van der Waals surface area contributed by atoms with Crippen molar-refractivity contribution in [2.24, 2.45) is 0 Å². The molecular formula is C16H13FN2OS2. The summed E-state index contributed by atoms with van der Waals surface area (Å²) in [5, 5.41) is 0. The van der Waals surface area contributed by atoms with Crippen LogP contribution >= 0.6 is 24.0 Å². The highest BCUT2D eigenvalue weighted by molar-refractivity contribution is 8.26. The van der Waals surface area contributed by atoms with Crippen molar-refractivity contribution in [1.29, 1.82) is 0 Å². The molecule has 0 radical (unpaired) electrons. The summed E-state index contributed by atoms with van der Waals surface area (Å²) >= 11 is 6.52. The van der Waals surface area contributed by atoms with Crippen LogP contribution in [-0.4, -0.2) is 26.2 Å². The number of thiocarbonyl (C=S) groups is 1. The molecule has 1 aliphatic heterocycles. The molecule has 0 spiro atoms. The molecule has 3 nitrogen and oxygen atoms in total. The van der Waals surface area contributed by atoms with E-state index in [9.17, 15) is 9.18 Å². The van der Waals surface area contributed by atoms with Crippen LogP contribution in [0.4, 0.5) is 4.39 Å². The minimum absolute atomic E-state index is 0.0654. The number of benzene rings is 1. The molecule has 2 aromatic rings. The molecule has 0 atom stereocenters. The van der Waals surface area contributed by atoms with Gasteiger partial charge < -0.3 is 4.57 Å². The van der Waals surface area contributed by atoms with Crippen molar-refractivity contribution in [3.8, 4) is 5.69 Å². The van der Waals surface area contributed by atoms with Crippen LogP contribution in [0.1, 0.15) is 12.6 Å². The van der Waals surface area contributed by atoms with Crippen LogP contribution in [0.5, 0.6) is 0 Å². The molecular weight excluding hydrogens is 319 g/mol. The van der Waals surface area contributed by atoms with Crippen LogP contribution in [0.25, 0.3) is 11.8 Å². The van der Waals surface area contributed by atoms with Crippen LogP contribution < -0.4 is 0 Å². The maximum Gasteiger partial charge on any atom is 0.266 e. The summed E-state index contributed by atoms with van der Waals surface area (Å²) in [5.41, 5.74) is 1.69. The summed E-state index contributed by atoms with van der Waals surface area (Å²) in [6, 6.07) is 10.0. The molecule has 3 rings (SSSR count). The molecule has 1 aliphatic rings. The Bertz CT molecular complexity index is 765. The molecule has 0 unspecified atom stereocenters. The van der Waals surface area contributed by atoms with E-state index in [4.69, 9.17) is 12.2 Å². The summed E-state index contributed by atoms with van der Waals surface area (Å²) in [5.74, 6) is -0.342. The Hall–Kier alpha value is -1.92. The summed E-state index contributed by atoms with van der Waals surface area (Å²) in [7, 11) is 0. The van der Waals surface area contributed by atoms with Gasteiger partial charge in [-0.05, 0) is 49.4 Å². The van der Waals surface area contributed by atoms with Crippen LogP contribution in [0.2, 0.25) is 0 Å². The third kappa shape index (κ3) is 2.71. The first kappa shape index (κ1) is 15.0. The van der Waals surface area contributed by atoms with Crippen LogP contribution in [0, 0.1) is 5.82 Å². The number of hydrogen-bond acceptors (Lipinski definition) is 3. The normalized spacial score (nSPS) is 16.8. The van der Waals surface area contributed by atoms with Gasteiger partial charge in [-0.25, -0.2) is 4.39 Å². The molecule has 1 fully saturated rings. The van der Waals surface area contributed by atoms with Crippen molar-refractivity contribution in [2.75, 3.05) is 6.54 Å². The number of likely N-dealkylation sites (N-methyl/N-ethyl adjacent to an activating group) is 1. The van der Waals surface area contributed by atoms with E-state index in [1.165, 1.54) is 23.9 Å². The van der Waals surface area contributed by atoms with Gasteiger partial charge in [-0.1, -0.05) is 24.0 Å². The highest BCUT2D eigenvalue weighted by atomic mass is 32.2. The van der Waals surface area contributed by atoms with Crippen LogP contribution in [0.3, 0.4) is 0 Å². The van der Waals surface area contributed by atoms with Gasteiger partial charge in [0, 0.05) is 24.1 Å². The Balaban J connectivity index is 1.96. The number of carbonyl (C=O) groups is 1. The zero-order valence-corrected chi connectivity index (χ0v) is 13.5. The highest BCUT2D eigenvalue weighted by Gasteiger charge is 2.30. The van der Waals surface area contributed by atoms with Crippen molar-refractivity contribution >= 4 is 40.3 Å². The number of nitrogens with zero attached hydrogens (tertiary/aromatic N) is 2. The topological polar surface area (TPSA) is 25.2 Å². The fourth-order valence-corrected chi connectivity index (χ4v) is 3.62. The standard InChI is InChI=1S/C16H13FN2OS2/c1-2-18-15(20)14(22-16(18)21)10-13-4-3-9-19(13)12-7-5-11(17)6-8-12/h3-10H,2H2,1H3/b14-10-. The summed E-state index contributed by atoms with van der Waals surface area (Å²) in [4.78, 5) is 14.4. The van der Waals surface area contributed by atoms with Crippen molar-refractivity contribution in [3.63, 3.8) is 0 Å². The number of aromatic nitrogens is 1. The van der Waals surface area contributed by atoms with Crippen molar-refractivity contribution < 1.29 is 9.18 Å². The first-order valence-corrected chi connectivity index (χ1v) is 8.01. The van der Waals surface area contributed by atoms with E-state index in [1.54, 1.807) is 17.0 Å². The van der Waals surface area contributed by atoms with Gasteiger partial charge in [0.05, 0.1) is 4.91 Å². The lowest BCUT2D eigenvalue weighted by Gasteiger charge is -2.10. The van der Waals surface area contributed by atoms with Gasteiger partial charge >= 0.3 is 0 Å². The fourth-order valence-electron chi connectivity index (χ4n) is 2.26. The quantitative estimate of drug-likeness (QED) is 0.631. The monoisotopic (exact) mass is 332 g/mol. The van der Waals surface area contributed by atoms with Gasteiger partial charge in [0.15, 0.2) is 0 Å².